The van der Waals surface area contributed by atoms with E-state index in [1.165, 1.54) is 5.56 Å². The van der Waals surface area contributed by atoms with Gasteiger partial charge in [-0.05, 0) is 30.7 Å². The molecule has 114 valence electrons. The second-order valence-electron chi connectivity index (χ2n) is 5.66. The van der Waals surface area contributed by atoms with Gasteiger partial charge in [0.05, 0.1) is 17.1 Å². The summed E-state index contributed by atoms with van der Waals surface area (Å²) in [4.78, 5) is 16.0. The fraction of sp³-hybridized carbons (Fsp3) is 0.111. The van der Waals surface area contributed by atoms with Crippen molar-refractivity contribution in [1.29, 1.82) is 0 Å². The number of para-hydroxylation sites is 2. The minimum atomic E-state index is -0.986. The van der Waals surface area contributed by atoms with E-state index >= 15 is 0 Å². The fourth-order valence-corrected chi connectivity index (χ4v) is 2.94. The number of hydrogen-bond donors (Lipinski definition) is 2. The van der Waals surface area contributed by atoms with E-state index in [-0.39, 0.29) is 11.7 Å². The van der Waals surface area contributed by atoms with Gasteiger partial charge in [-0.15, -0.1) is 0 Å². The van der Waals surface area contributed by atoms with Crippen LogP contribution in [-0.2, 0) is 4.79 Å². The van der Waals surface area contributed by atoms with Crippen molar-refractivity contribution in [3.8, 4) is 0 Å². The number of anilines is 1. The number of nitrogens with one attached hydrogen (secondary N) is 1. The Morgan fingerprint density at radius 3 is 2.65 bits per heavy atom. The van der Waals surface area contributed by atoms with Crippen molar-refractivity contribution < 1.29 is 9.90 Å². The molecule has 0 unspecified atom stereocenters. The normalized spacial score (nSPS) is 16.6. The van der Waals surface area contributed by atoms with Gasteiger partial charge in [-0.2, -0.15) is 0 Å². The predicted molar refractivity (Wildman–Crippen MR) is 88.4 cm³/mol. The molecule has 1 atom stereocenters. The highest BCUT2D eigenvalue weighted by molar-refractivity contribution is 5.92. The number of aliphatic carboxylic acids is 1. The van der Waals surface area contributed by atoms with E-state index in [0.717, 1.165) is 16.6 Å². The lowest BCUT2D eigenvalue weighted by atomic mass is 10.0. The molecule has 1 aliphatic heterocycles. The van der Waals surface area contributed by atoms with Crippen LogP contribution in [0.1, 0.15) is 17.2 Å². The van der Waals surface area contributed by atoms with Crippen LogP contribution in [0.3, 0.4) is 0 Å². The number of aryl methyl sites for hydroxylation is 1. The Balaban J connectivity index is 1.95. The molecular weight excluding hydrogens is 290 g/mol. The number of carboxylic acids is 1. The first-order valence-corrected chi connectivity index (χ1v) is 7.39. The summed E-state index contributed by atoms with van der Waals surface area (Å²) in [7, 11) is 0. The smallest absolute Gasteiger partial charge is 0.352 e. The van der Waals surface area contributed by atoms with Gasteiger partial charge in [-0.25, -0.2) is 9.78 Å². The third-order valence-corrected chi connectivity index (χ3v) is 4.09. The molecule has 0 amide bonds. The second kappa shape index (κ2) is 4.98. The molecule has 0 spiro atoms. The van der Waals surface area contributed by atoms with Gasteiger partial charge in [-0.3, -0.25) is 4.57 Å². The lowest BCUT2D eigenvalue weighted by Crippen LogP contribution is -2.23. The molecule has 5 nitrogen and oxygen atoms in total. The van der Waals surface area contributed by atoms with Gasteiger partial charge in [-0.1, -0.05) is 42.0 Å². The van der Waals surface area contributed by atoms with E-state index < -0.39 is 5.97 Å². The third-order valence-electron chi connectivity index (χ3n) is 4.09. The highest BCUT2D eigenvalue weighted by Gasteiger charge is 2.26. The number of hydrogen-bond acceptors (Lipinski definition) is 3. The summed E-state index contributed by atoms with van der Waals surface area (Å²) in [5.74, 6) is -0.433. The first-order chi connectivity index (χ1) is 11.1. The van der Waals surface area contributed by atoms with E-state index in [9.17, 15) is 9.90 Å². The lowest BCUT2D eigenvalue weighted by Gasteiger charge is -2.25. The first-order valence-electron chi connectivity index (χ1n) is 7.39. The van der Waals surface area contributed by atoms with Crippen LogP contribution < -0.4 is 5.32 Å². The summed E-state index contributed by atoms with van der Waals surface area (Å²) < 4.78 is 2.03. The monoisotopic (exact) mass is 305 g/mol. The van der Waals surface area contributed by atoms with E-state index in [1.807, 2.05) is 60.0 Å². The van der Waals surface area contributed by atoms with Crippen LogP contribution >= 0.6 is 0 Å². The van der Waals surface area contributed by atoms with Gasteiger partial charge < -0.3 is 10.4 Å². The number of fused-ring (bicyclic) bond motifs is 3. The average molecular weight is 305 g/mol. The summed E-state index contributed by atoms with van der Waals surface area (Å²) in [5, 5.41) is 12.3. The SMILES string of the molecule is Cc1ccc([C@H]2C=C(C(=O)O)Nc3nc4ccccc4n32)cc1. The largest absolute Gasteiger partial charge is 0.477 e. The van der Waals surface area contributed by atoms with E-state index in [0.29, 0.717) is 5.95 Å². The molecule has 0 saturated heterocycles. The van der Waals surface area contributed by atoms with Crippen molar-refractivity contribution in [3.05, 3.63) is 71.4 Å². The summed E-state index contributed by atoms with van der Waals surface area (Å²) in [6, 6.07) is 15.7. The van der Waals surface area contributed by atoms with Crippen molar-refractivity contribution in [2.45, 2.75) is 13.0 Å². The zero-order chi connectivity index (χ0) is 16.0. The molecule has 1 aliphatic rings. The van der Waals surface area contributed by atoms with Crippen molar-refractivity contribution in [3.63, 3.8) is 0 Å². The van der Waals surface area contributed by atoms with Gasteiger partial charge >= 0.3 is 5.97 Å². The van der Waals surface area contributed by atoms with E-state index in [4.69, 9.17) is 0 Å². The molecule has 0 fully saturated rings. The summed E-state index contributed by atoms with van der Waals surface area (Å²) in [6.45, 7) is 2.03. The minimum absolute atomic E-state index is 0.151. The van der Waals surface area contributed by atoms with Crippen LogP contribution in [0.2, 0.25) is 0 Å². The zero-order valence-corrected chi connectivity index (χ0v) is 12.5. The van der Waals surface area contributed by atoms with Crippen LogP contribution in [0.15, 0.2) is 60.3 Å². The molecule has 0 saturated carbocycles. The Morgan fingerprint density at radius 1 is 1.17 bits per heavy atom. The van der Waals surface area contributed by atoms with Crippen LogP contribution in [-0.4, -0.2) is 20.6 Å². The van der Waals surface area contributed by atoms with Gasteiger partial charge in [0, 0.05) is 0 Å². The fourth-order valence-electron chi connectivity index (χ4n) is 2.94. The maximum Gasteiger partial charge on any atom is 0.352 e. The number of allylic oxidation sites excluding steroid dienone is 1. The molecule has 23 heavy (non-hydrogen) atoms. The number of nitrogens with zero attached hydrogens (tertiary/aromatic N) is 2. The summed E-state index contributed by atoms with van der Waals surface area (Å²) in [5.41, 5.74) is 4.16. The van der Waals surface area contributed by atoms with E-state index in [2.05, 4.69) is 10.3 Å². The van der Waals surface area contributed by atoms with Crippen molar-refractivity contribution in [1.82, 2.24) is 9.55 Å². The average Bonchev–Trinajstić information content (AvgIpc) is 2.93. The standard InChI is InChI=1S/C18H15N3O2/c1-11-6-8-12(9-7-11)16-10-14(17(22)23)20-18-19-13-4-2-3-5-15(13)21(16)18/h2-10,16H,1H3,(H,19,20)(H,22,23)/t16-/m1/s1. The topological polar surface area (TPSA) is 67.2 Å². The van der Waals surface area contributed by atoms with E-state index in [1.54, 1.807) is 6.08 Å². The Labute approximate surface area is 132 Å². The number of carbonyl (C=O) groups is 1. The molecule has 2 N–H and O–H groups in total. The molecule has 4 rings (SSSR count). The Morgan fingerprint density at radius 2 is 1.91 bits per heavy atom. The molecule has 2 heterocycles. The van der Waals surface area contributed by atoms with Crippen molar-refractivity contribution in [2.24, 2.45) is 0 Å². The van der Waals surface area contributed by atoms with Crippen molar-refractivity contribution in [2.75, 3.05) is 5.32 Å². The van der Waals surface area contributed by atoms with Crippen LogP contribution in [0, 0.1) is 6.92 Å². The number of imidazole rings is 1. The van der Waals surface area contributed by atoms with Crippen molar-refractivity contribution >= 4 is 23.0 Å². The number of aromatic nitrogens is 2. The molecule has 2 aromatic carbocycles. The Bertz CT molecular complexity index is 939. The van der Waals surface area contributed by atoms with Crippen LogP contribution in [0.25, 0.3) is 11.0 Å². The minimum Gasteiger partial charge on any atom is -0.477 e. The summed E-state index contributed by atoms with van der Waals surface area (Å²) in [6.07, 6.45) is 1.73. The second-order valence-corrected chi connectivity index (χ2v) is 5.66. The van der Waals surface area contributed by atoms with Gasteiger partial charge in [0.15, 0.2) is 0 Å². The third kappa shape index (κ3) is 2.17. The number of rotatable bonds is 2. The summed E-state index contributed by atoms with van der Waals surface area (Å²) >= 11 is 0. The molecule has 0 aliphatic carbocycles. The molecule has 5 heteroatoms. The maximum absolute atomic E-state index is 11.4. The van der Waals surface area contributed by atoms with Crippen LogP contribution in [0.4, 0.5) is 5.95 Å². The molecule has 3 aromatic rings. The molecule has 1 aromatic heterocycles. The maximum atomic E-state index is 11.4. The quantitative estimate of drug-likeness (QED) is 0.762. The van der Waals surface area contributed by atoms with Gasteiger partial charge in [0.1, 0.15) is 5.70 Å². The molecular formula is C18H15N3O2. The zero-order valence-electron chi connectivity index (χ0n) is 12.5. The first kappa shape index (κ1) is 13.6. The number of benzene rings is 2. The Hall–Kier alpha value is -3.08. The highest BCUT2D eigenvalue weighted by Crippen LogP contribution is 2.34. The van der Waals surface area contributed by atoms with Crippen LogP contribution in [0.5, 0.6) is 0 Å². The van der Waals surface area contributed by atoms with Gasteiger partial charge in [0.2, 0.25) is 5.95 Å². The van der Waals surface area contributed by atoms with Gasteiger partial charge in [0.25, 0.3) is 0 Å². The predicted octanol–water partition coefficient (Wildman–Crippen LogP) is 3.33. The number of carboxylic acid groups (broad SMARTS) is 1. The highest BCUT2D eigenvalue weighted by atomic mass is 16.4. The molecule has 0 bridgehead atoms. The lowest BCUT2D eigenvalue weighted by molar-refractivity contribution is -0.132. The molecule has 0 radical (unpaired) electrons. The Kier molecular flexibility index (Phi) is 2.94.